The summed E-state index contributed by atoms with van der Waals surface area (Å²) in [5.74, 6) is 0. The van der Waals surface area contributed by atoms with Crippen molar-refractivity contribution >= 4 is 33.5 Å². The molecule has 4 N–H and O–H groups in total. The predicted molar refractivity (Wildman–Crippen MR) is 117 cm³/mol. The molecule has 1 atom stereocenters. The van der Waals surface area contributed by atoms with Gasteiger partial charge in [0.25, 0.3) is 5.69 Å². The first-order valence-corrected chi connectivity index (χ1v) is 10.9. The van der Waals surface area contributed by atoms with Crippen molar-refractivity contribution in [3.05, 3.63) is 88.2 Å². The standard InChI is InChI=1S/C20H16F3N5O5S/c21-20(22,23)17-10-16(7-8-18(17)28(30)31)34(32,33)27-15-5-3-14(4-6-15)26-19(29)25-12-13-2-1-9-24-11-13/h1-11H,12H2,(H3-,25,26,27,29,32,33)/p+1. The Bertz CT molecular complexity index is 1240. The minimum absolute atomic E-state index is 0.0562. The number of carbonyl (C=O) groups is 1. The number of alkyl halides is 3. The molecule has 1 aromatic heterocycles. The zero-order valence-electron chi connectivity index (χ0n) is 17.1. The molecule has 2 amide bonds. The fraction of sp³-hybridized carbons (Fsp3) is 0.100. The summed E-state index contributed by atoms with van der Waals surface area (Å²) in [6, 6.07) is 9.99. The number of nitro benzene ring substituents is 1. The van der Waals surface area contributed by atoms with Crippen LogP contribution in [0.5, 0.6) is 0 Å². The third kappa shape index (κ3) is 6.26. The van der Waals surface area contributed by atoms with Gasteiger partial charge in [0.2, 0.25) is 4.90 Å². The maximum Gasteiger partial charge on any atom is 0.423 e. The van der Waals surface area contributed by atoms with Gasteiger partial charge in [0.1, 0.15) is 5.56 Å². The highest BCUT2D eigenvalue weighted by Gasteiger charge is 2.42. The summed E-state index contributed by atoms with van der Waals surface area (Å²) in [6.45, 7) is 0.237. The molecule has 2 aromatic carbocycles. The fourth-order valence-electron chi connectivity index (χ4n) is 2.77. The second kappa shape index (κ2) is 9.84. The molecule has 178 valence electrons. The van der Waals surface area contributed by atoms with Crippen LogP contribution in [0, 0.1) is 10.1 Å². The normalized spacial score (nSPS) is 12.9. The van der Waals surface area contributed by atoms with Crippen LogP contribution in [-0.4, -0.2) is 20.5 Å². The average molecular weight is 496 g/mol. The van der Waals surface area contributed by atoms with Crippen molar-refractivity contribution in [2.75, 3.05) is 10.0 Å². The first-order valence-electron chi connectivity index (χ1n) is 9.39. The molecule has 0 aliphatic rings. The lowest BCUT2D eigenvalue weighted by molar-refractivity contribution is -0.388. The number of nitrogens with zero attached hydrogens (tertiary/aromatic N) is 2. The van der Waals surface area contributed by atoms with Gasteiger partial charge in [-0.25, -0.2) is 4.79 Å². The Hall–Kier alpha value is -4.04. The smallest absolute Gasteiger partial charge is 0.334 e. The lowest BCUT2D eigenvalue weighted by atomic mass is 10.2. The average Bonchev–Trinajstić information content (AvgIpc) is 2.78. The molecule has 1 heterocycles. The number of aromatic nitrogens is 1. The van der Waals surface area contributed by atoms with Gasteiger partial charge in [-0.2, -0.15) is 22.4 Å². The number of halogens is 3. The fourth-order valence-corrected chi connectivity index (χ4v) is 3.88. The third-order valence-corrected chi connectivity index (χ3v) is 5.77. The molecule has 3 rings (SSSR count). The lowest BCUT2D eigenvalue weighted by Gasteiger charge is -2.11. The molecule has 0 bridgehead atoms. The van der Waals surface area contributed by atoms with Crippen LogP contribution >= 0.6 is 0 Å². The van der Waals surface area contributed by atoms with Crippen LogP contribution in [0.1, 0.15) is 11.1 Å². The number of pyridine rings is 1. The highest BCUT2D eigenvalue weighted by molar-refractivity contribution is 7.99. The van der Waals surface area contributed by atoms with Gasteiger partial charge in [-0.1, -0.05) is 6.07 Å². The van der Waals surface area contributed by atoms with Gasteiger partial charge in [0.15, 0.2) is 0 Å². The number of hydrogen-bond donors (Lipinski definition) is 4. The third-order valence-electron chi connectivity index (χ3n) is 4.36. The first-order chi connectivity index (χ1) is 16.0. The predicted octanol–water partition coefficient (Wildman–Crippen LogP) is 4.69. The van der Waals surface area contributed by atoms with Crippen molar-refractivity contribution in [2.24, 2.45) is 0 Å². The van der Waals surface area contributed by atoms with Crippen molar-refractivity contribution in [3.63, 3.8) is 0 Å². The summed E-state index contributed by atoms with van der Waals surface area (Å²) in [6.07, 6.45) is -1.91. The van der Waals surface area contributed by atoms with E-state index < -0.39 is 43.7 Å². The van der Waals surface area contributed by atoms with Gasteiger partial charge >= 0.3 is 22.6 Å². The molecule has 3 aromatic rings. The van der Waals surface area contributed by atoms with Crippen LogP contribution in [0.15, 0.2) is 71.9 Å². The van der Waals surface area contributed by atoms with E-state index in [-0.39, 0.29) is 18.3 Å². The molecule has 0 aliphatic carbocycles. The molecule has 14 heteroatoms. The molecule has 10 nitrogen and oxygen atoms in total. The Labute approximate surface area is 191 Å². The number of anilines is 2. The van der Waals surface area contributed by atoms with Crippen molar-refractivity contribution in [3.8, 4) is 0 Å². The van der Waals surface area contributed by atoms with E-state index >= 15 is 0 Å². The van der Waals surface area contributed by atoms with E-state index in [2.05, 4.69) is 20.3 Å². The molecular weight excluding hydrogens is 479 g/mol. The number of hydrogen-bond acceptors (Lipinski definition) is 5. The molecule has 0 aliphatic heterocycles. The maximum atomic E-state index is 13.2. The zero-order chi connectivity index (χ0) is 24.9. The highest BCUT2D eigenvalue weighted by atomic mass is 32.3. The van der Waals surface area contributed by atoms with Gasteiger partial charge in [-0.15, -0.1) is 0 Å². The molecular formula is C20H17F3N5O5S+. The zero-order valence-corrected chi connectivity index (χ0v) is 17.9. The summed E-state index contributed by atoms with van der Waals surface area (Å²) < 4.78 is 64.6. The van der Waals surface area contributed by atoms with Crippen molar-refractivity contribution in [2.45, 2.75) is 17.6 Å². The van der Waals surface area contributed by atoms with E-state index in [0.717, 1.165) is 11.6 Å². The number of amides is 2. The molecule has 0 radical (unpaired) electrons. The summed E-state index contributed by atoms with van der Waals surface area (Å²) in [7, 11) is -4.24. The van der Waals surface area contributed by atoms with Crippen LogP contribution in [0.25, 0.3) is 0 Å². The summed E-state index contributed by atoms with van der Waals surface area (Å²) in [5.41, 5.74) is -1.69. The van der Waals surface area contributed by atoms with E-state index in [4.69, 9.17) is 0 Å². The minimum atomic E-state index is -5.10. The molecule has 0 saturated heterocycles. The second-order valence-corrected chi connectivity index (χ2v) is 8.54. The van der Waals surface area contributed by atoms with Crippen LogP contribution in [0.4, 0.5) is 35.0 Å². The van der Waals surface area contributed by atoms with Crippen molar-refractivity contribution in [1.82, 2.24) is 10.3 Å². The SMILES string of the molecule is O=C(NCc1cccnc1)Nc1ccc(N[S+](=O)(O)c2ccc([N+](=O)[O-])c(C(F)(F)F)c2)cc1. The molecule has 0 saturated carbocycles. The lowest BCUT2D eigenvalue weighted by Crippen LogP contribution is -2.28. The summed E-state index contributed by atoms with van der Waals surface area (Å²) in [4.78, 5) is 24.9. The van der Waals surface area contributed by atoms with E-state index in [9.17, 15) is 36.8 Å². The van der Waals surface area contributed by atoms with E-state index in [1.807, 2.05) is 0 Å². The summed E-state index contributed by atoms with van der Waals surface area (Å²) in [5, 5.41) is 16.0. The number of rotatable bonds is 7. The van der Waals surface area contributed by atoms with Gasteiger partial charge in [-0.3, -0.25) is 15.1 Å². The Balaban J connectivity index is 1.68. The monoisotopic (exact) mass is 496 g/mol. The number of urea groups is 1. The number of benzene rings is 2. The van der Waals surface area contributed by atoms with Gasteiger partial charge < -0.3 is 10.6 Å². The number of nitro groups is 1. The molecule has 0 spiro atoms. The quantitative estimate of drug-likeness (QED) is 0.212. The Morgan fingerprint density at radius 1 is 1.12 bits per heavy atom. The molecule has 34 heavy (non-hydrogen) atoms. The molecule has 0 fully saturated rings. The largest absolute Gasteiger partial charge is 0.423 e. The minimum Gasteiger partial charge on any atom is -0.334 e. The Morgan fingerprint density at radius 2 is 1.79 bits per heavy atom. The van der Waals surface area contributed by atoms with Gasteiger partial charge in [-0.05, 0) is 40.1 Å². The number of carbonyl (C=O) groups excluding carboxylic acids is 1. The Kier molecular flexibility index (Phi) is 7.12. The van der Waals surface area contributed by atoms with Crippen LogP contribution in [-0.2, 0) is 27.3 Å². The summed E-state index contributed by atoms with van der Waals surface area (Å²) >= 11 is 0. The van der Waals surface area contributed by atoms with Crippen molar-refractivity contribution < 1.29 is 31.7 Å². The number of nitrogens with one attached hydrogen (secondary N) is 3. The first kappa shape index (κ1) is 24.6. The maximum absolute atomic E-state index is 13.2. The van der Waals surface area contributed by atoms with Gasteiger partial charge in [0.05, 0.1) is 10.6 Å². The molecule has 1 unspecified atom stereocenters. The van der Waals surface area contributed by atoms with E-state index in [1.165, 1.54) is 24.3 Å². The van der Waals surface area contributed by atoms with E-state index in [1.54, 1.807) is 24.5 Å². The highest BCUT2D eigenvalue weighted by Crippen LogP contribution is 2.38. The van der Waals surface area contributed by atoms with Crippen LogP contribution in [0.2, 0.25) is 0 Å². The topological polar surface area (TPSA) is 146 Å². The van der Waals surface area contributed by atoms with E-state index in [0.29, 0.717) is 11.8 Å². The van der Waals surface area contributed by atoms with Gasteiger partial charge in [0, 0.05) is 42.8 Å². The van der Waals surface area contributed by atoms with Crippen LogP contribution < -0.4 is 15.4 Å². The Morgan fingerprint density at radius 3 is 2.38 bits per heavy atom. The van der Waals surface area contributed by atoms with Crippen LogP contribution in [0.3, 0.4) is 0 Å². The van der Waals surface area contributed by atoms with Crippen molar-refractivity contribution in [1.29, 1.82) is 0 Å². The second-order valence-electron chi connectivity index (χ2n) is 6.81.